The predicted octanol–water partition coefficient (Wildman–Crippen LogP) is 2.90. The second-order valence-electron chi connectivity index (χ2n) is 4.96. The summed E-state index contributed by atoms with van der Waals surface area (Å²) in [5.74, 6) is 0.978. The third-order valence-electron chi connectivity index (χ3n) is 3.52. The Labute approximate surface area is 128 Å². The van der Waals surface area contributed by atoms with Crippen LogP contribution in [0.4, 0.5) is 5.13 Å². The SMILES string of the molecule is CC(=Nc1nnc(-c2ccccc2C)s1)N1CCOCC1. The Balaban J connectivity index is 1.80. The average Bonchev–Trinajstić information content (AvgIpc) is 2.97. The van der Waals surface area contributed by atoms with Crippen LogP contribution in [0.3, 0.4) is 0 Å². The number of hydrogen-bond acceptors (Lipinski definition) is 5. The van der Waals surface area contributed by atoms with Crippen LogP contribution in [0.15, 0.2) is 29.3 Å². The van der Waals surface area contributed by atoms with Crippen LogP contribution in [-0.2, 0) is 4.74 Å². The number of benzene rings is 1. The van der Waals surface area contributed by atoms with Gasteiger partial charge in [0.1, 0.15) is 10.8 Å². The van der Waals surface area contributed by atoms with Crippen LogP contribution in [0.2, 0.25) is 0 Å². The van der Waals surface area contributed by atoms with E-state index in [4.69, 9.17) is 4.74 Å². The molecule has 1 aromatic carbocycles. The molecular weight excluding hydrogens is 284 g/mol. The van der Waals surface area contributed by atoms with Crippen molar-refractivity contribution < 1.29 is 4.74 Å². The molecule has 21 heavy (non-hydrogen) atoms. The third-order valence-corrected chi connectivity index (χ3v) is 4.37. The summed E-state index contributed by atoms with van der Waals surface area (Å²) in [5.41, 5.74) is 2.33. The number of aryl methyl sites for hydroxylation is 1. The van der Waals surface area contributed by atoms with E-state index >= 15 is 0 Å². The molecule has 0 atom stereocenters. The minimum Gasteiger partial charge on any atom is -0.378 e. The van der Waals surface area contributed by atoms with E-state index in [0.29, 0.717) is 5.13 Å². The molecule has 110 valence electrons. The molecule has 0 spiro atoms. The van der Waals surface area contributed by atoms with Gasteiger partial charge in [0.15, 0.2) is 0 Å². The molecule has 5 nitrogen and oxygen atoms in total. The molecule has 0 saturated carbocycles. The van der Waals surface area contributed by atoms with Crippen molar-refractivity contribution in [3.05, 3.63) is 29.8 Å². The highest BCUT2D eigenvalue weighted by atomic mass is 32.1. The summed E-state index contributed by atoms with van der Waals surface area (Å²) in [6.07, 6.45) is 0. The number of nitrogens with zero attached hydrogens (tertiary/aromatic N) is 4. The van der Waals surface area contributed by atoms with E-state index in [9.17, 15) is 0 Å². The van der Waals surface area contributed by atoms with Gasteiger partial charge in [0.05, 0.1) is 13.2 Å². The quantitative estimate of drug-likeness (QED) is 0.632. The normalized spacial score (nSPS) is 16.3. The second-order valence-corrected chi connectivity index (χ2v) is 5.92. The lowest BCUT2D eigenvalue weighted by atomic mass is 10.1. The van der Waals surface area contributed by atoms with Crippen LogP contribution in [-0.4, -0.2) is 47.2 Å². The van der Waals surface area contributed by atoms with Crippen molar-refractivity contribution in [1.29, 1.82) is 0 Å². The van der Waals surface area contributed by atoms with Crippen LogP contribution < -0.4 is 0 Å². The Kier molecular flexibility index (Phi) is 4.26. The van der Waals surface area contributed by atoms with Gasteiger partial charge < -0.3 is 9.64 Å². The third kappa shape index (κ3) is 3.28. The van der Waals surface area contributed by atoms with Gasteiger partial charge in [-0.15, -0.1) is 10.2 Å². The maximum atomic E-state index is 5.35. The zero-order valence-corrected chi connectivity index (χ0v) is 13.1. The summed E-state index contributed by atoms with van der Waals surface area (Å²) in [5, 5.41) is 10.1. The first-order chi connectivity index (χ1) is 10.2. The fraction of sp³-hybridized carbons (Fsp3) is 0.400. The smallest absolute Gasteiger partial charge is 0.233 e. The summed E-state index contributed by atoms with van der Waals surface area (Å²) in [7, 11) is 0. The van der Waals surface area contributed by atoms with Gasteiger partial charge in [-0.05, 0) is 19.4 Å². The molecule has 1 fully saturated rings. The number of aromatic nitrogens is 2. The van der Waals surface area contributed by atoms with Crippen molar-refractivity contribution in [3.8, 4) is 10.6 Å². The molecule has 2 aromatic rings. The highest BCUT2D eigenvalue weighted by Crippen LogP contribution is 2.30. The minimum absolute atomic E-state index is 0.706. The number of aliphatic imine (C=N–C) groups is 1. The summed E-state index contributed by atoms with van der Waals surface area (Å²) >= 11 is 1.52. The van der Waals surface area contributed by atoms with Gasteiger partial charge in [-0.1, -0.05) is 35.6 Å². The van der Waals surface area contributed by atoms with Crippen molar-refractivity contribution in [1.82, 2.24) is 15.1 Å². The second kappa shape index (κ2) is 6.32. The van der Waals surface area contributed by atoms with Gasteiger partial charge >= 0.3 is 0 Å². The minimum atomic E-state index is 0.706. The molecule has 1 aliphatic heterocycles. The van der Waals surface area contributed by atoms with E-state index in [2.05, 4.69) is 39.1 Å². The lowest BCUT2D eigenvalue weighted by molar-refractivity contribution is 0.0678. The van der Waals surface area contributed by atoms with E-state index in [0.717, 1.165) is 42.7 Å². The fourth-order valence-corrected chi connectivity index (χ4v) is 3.13. The van der Waals surface area contributed by atoms with Crippen LogP contribution >= 0.6 is 11.3 Å². The number of hydrogen-bond donors (Lipinski definition) is 0. The van der Waals surface area contributed by atoms with Crippen molar-refractivity contribution in [3.63, 3.8) is 0 Å². The maximum Gasteiger partial charge on any atom is 0.233 e. The molecular formula is C15H18N4OS. The van der Waals surface area contributed by atoms with E-state index in [1.165, 1.54) is 16.9 Å². The molecule has 0 amide bonds. The molecule has 1 saturated heterocycles. The summed E-state index contributed by atoms with van der Waals surface area (Å²) in [4.78, 5) is 6.81. The molecule has 1 aliphatic rings. The number of amidine groups is 1. The van der Waals surface area contributed by atoms with Crippen LogP contribution in [0.1, 0.15) is 12.5 Å². The average molecular weight is 302 g/mol. The molecule has 2 heterocycles. The molecule has 0 unspecified atom stereocenters. The maximum absolute atomic E-state index is 5.35. The number of morpholine rings is 1. The Bertz CT molecular complexity index is 647. The Hall–Kier alpha value is -1.79. The van der Waals surface area contributed by atoms with Gasteiger partial charge in [0.25, 0.3) is 0 Å². The number of ether oxygens (including phenoxy) is 1. The van der Waals surface area contributed by atoms with Crippen molar-refractivity contribution in [2.75, 3.05) is 26.3 Å². The van der Waals surface area contributed by atoms with Crippen molar-refractivity contribution >= 4 is 22.3 Å². The van der Waals surface area contributed by atoms with E-state index in [-0.39, 0.29) is 0 Å². The highest BCUT2D eigenvalue weighted by Gasteiger charge is 2.13. The standard InChI is InChI=1S/C15H18N4OS/c1-11-5-3-4-6-13(11)14-17-18-15(21-14)16-12(2)19-7-9-20-10-8-19/h3-6H,7-10H2,1-2H3. The zero-order valence-electron chi connectivity index (χ0n) is 12.2. The Morgan fingerprint density at radius 2 is 2.00 bits per heavy atom. The first-order valence-corrected chi connectivity index (χ1v) is 7.83. The van der Waals surface area contributed by atoms with Gasteiger partial charge in [-0.3, -0.25) is 0 Å². The molecule has 0 radical (unpaired) electrons. The fourth-order valence-electron chi connectivity index (χ4n) is 2.28. The van der Waals surface area contributed by atoms with Gasteiger partial charge in [-0.2, -0.15) is 0 Å². The van der Waals surface area contributed by atoms with E-state index in [1.54, 1.807) is 0 Å². The molecule has 0 N–H and O–H groups in total. The molecule has 1 aromatic heterocycles. The monoisotopic (exact) mass is 302 g/mol. The lowest BCUT2D eigenvalue weighted by Gasteiger charge is -2.27. The Morgan fingerprint density at radius 1 is 1.24 bits per heavy atom. The van der Waals surface area contributed by atoms with Crippen molar-refractivity contribution in [2.45, 2.75) is 13.8 Å². The van der Waals surface area contributed by atoms with Crippen molar-refractivity contribution in [2.24, 2.45) is 4.99 Å². The van der Waals surface area contributed by atoms with Crippen LogP contribution in [0.25, 0.3) is 10.6 Å². The lowest BCUT2D eigenvalue weighted by Crippen LogP contribution is -2.39. The van der Waals surface area contributed by atoms with Gasteiger partial charge in [0.2, 0.25) is 5.13 Å². The summed E-state index contributed by atoms with van der Waals surface area (Å²) in [6, 6.07) is 8.20. The Morgan fingerprint density at radius 3 is 2.76 bits per heavy atom. The predicted molar refractivity (Wildman–Crippen MR) is 85.2 cm³/mol. The largest absolute Gasteiger partial charge is 0.378 e. The van der Waals surface area contributed by atoms with Gasteiger partial charge in [-0.25, -0.2) is 4.99 Å². The molecule has 0 aliphatic carbocycles. The summed E-state index contributed by atoms with van der Waals surface area (Å²) in [6.45, 7) is 7.39. The molecule has 3 rings (SSSR count). The highest BCUT2D eigenvalue weighted by molar-refractivity contribution is 7.18. The first kappa shape index (κ1) is 14.2. The topological polar surface area (TPSA) is 50.6 Å². The van der Waals surface area contributed by atoms with Gasteiger partial charge in [0, 0.05) is 18.7 Å². The first-order valence-electron chi connectivity index (χ1n) is 7.01. The summed E-state index contributed by atoms with van der Waals surface area (Å²) < 4.78 is 5.35. The number of rotatable bonds is 2. The van der Waals surface area contributed by atoms with E-state index in [1.807, 2.05) is 19.1 Å². The molecule has 0 bridgehead atoms. The van der Waals surface area contributed by atoms with Crippen LogP contribution in [0, 0.1) is 6.92 Å². The molecule has 6 heteroatoms. The zero-order chi connectivity index (χ0) is 14.7. The van der Waals surface area contributed by atoms with E-state index < -0.39 is 0 Å². The van der Waals surface area contributed by atoms with Crippen LogP contribution in [0.5, 0.6) is 0 Å².